The number of piperazine rings is 1. The van der Waals surface area contributed by atoms with E-state index < -0.39 is 14.6 Å². The molecular weight excluding hydrogens is 398 g/mol. The number of sulfone groups is 1. The fraction of sp³-hybridized carbons (Fsp3) is 0.682. The lowest BCUT2D eigenvalue weighted by atomic mass is 10.1. The molecule has 0 aliphatic carbocycles. The topological polar surface area (TPSA) is 68.2 Å². The molecule has 0 bridgehead atoms. The van der Waals surface area contributed by atoms with Gasteiger partial charge in [-0.25, -0.2) is 8.42 Å². The van der Waals surface area contributed by atoms with Gasteiger partial charge in [-0.15, -0.1) is 0 Å². The zero-order valence-corrected chi connectivity index (χ0v) is 19.7. The van der Waals surface area contributed by atoms with Gasteiger partial charge in [-0.1, -0.05) is 31.2 Å². The summed E-state index contributed by atoms with van der Waals surface area (Å²) in [5.41, 5.74) is 2.60. The summed E-state index contributed by atoms with van der Waals surface area (Å²) in [6.45, 7) is 14.0. The Morgan fingerprint density at radius 2 is 1.70 bits per heavy atom. The van der Waals surface area contributed by atoms with Gasteiger partial charge in [-0.05, 0) is 31.5 Å². The second-order valence-electron chi connectivity index (χ2n) is 8.88. The van der Waals surface area contributed by atoms with Crippen LogP contribution in [0, 0.1) is 0 Å². The Labute approximate surface area is 182 Å². The van der Waals surface area contributed by atoms with Crippen molar-refractivity contribution < 1.29 is 8.42 Å². The number of benzene rings is 1. The molecule has 0 amide bonds. The first-order valence-corrected chi connectivity index (χ1v) is 12.6. The summed E-state index contributed by atoms with van der Waals surface area (Å²) >= 11 is 0. The molecule has 2 aliphatic heterocycles. The summed E-state index contributed by atoms with van der Waals surface area (Å²) in [7, 11) is -1.30. The molecule has 8 heteroatoms. The maximum Gasteiger partial charge on any atom is 0.193 e. The van der Waals surface area contributed by atoms with Crippen LogP contribution in [0.5, 0.6) is 0 Å². The summed E-state index contributed by atoms with van der Waals surface area (Å²) in [6.07, 6.45) is 0. The standard InChI is InChI=1S/C22H37N5O2S/c1-5-25-10-12-26(13-11-25)17-20-9-7-6-8-19(20)16-24-21(23-4)27-14-15-30(28,29)22(2,3)18-27/h6-9H,5,10-18H2,1-4H3,(H,23,24). The van der Waals surface area contributed by atoms with Gasteiger partial charge >= 0.3 is 0 Å². The second-order valence-corrected chi connectivity index (χ2v) is 11.6. The molecule has 0 aromatic heterocycles. The third-order valence-electron chi connectivity index (χ3n) is 6.42. The number of hydrogen-bond acceptors (Lipinski definition) is 5. The third kappa shape index (κ3) is 5.34. The predicted molar refractivity (Wildman–Crippen MR) is 123 cm³/mol. The van der Waals surface area contributed by atoms with Crippen LogP contribution >= 0.6 is 0 Å². The van der Waals surface area contributed by atoms with Crippen molar-refractivity contribution in [3.63, 3.8) is 0 Å². The molecule has 1 aromatic rings. The van der Waals surface area contributed by atoms with Gasteiger partial charge in [0.25, 0.3) is 0 Å². The summed E-state index contributed by atoms with van der Waals surface area (Å²) in [5.74, 6) is 0.936. The quantitative estimate of drug-likeness (QED) is 0.557. The van der Waals surface area contributed by atoms with Gasteiger partial charge in [0.2, 0.25) is 0 Å². The van der Waals surface area contributed by atoms with E-state index in [1.807, 2.05) is 0 Å². The van der Waals surface area contributed by atoms with Crippen molar-refractivity contribution in [3.05, 3.63) is 35.4 Å². The summed E-state index contributed by atoms with van der Waals surface area (Å²) in [6, 6.07) is 8.56. The van der Waals surface area contributed by atoms with Gasteiger partial charge in [0.05, 0.1) is 10.5 Å². The number of rotatable bonds is 5. The molecule has 1 N–H and O–H groups in total. The van der Waals surface area contributed by atoms with E-state index in [1.165, 1.54) is 11.1 Å². The van der Waals surface area contributed by atoms with Gasteiger partial charge < -0.3 is 15.1 Å². The van der Waals surface area contributed by atoms with Crippen LogP contribution in [0.15, 0.2) is 29.3 Å². The molecule has 2 saturated heterocycles. The average Bonchev–Trinajstić information content (AvgIpc) is 2.72. The predicted octanol–water partition coefficient (Wildman–Crippen LogP) is 1.41. The summed E-state index contributed by atoms with van der Waals surface area (Å²) < 4.78 is 23.9. The van der Waals surface area contributed by atoms with Crippen LogP contribution in [-0.2, 0) is 22.9 Å². The molecule has 0 radical (unpaired) electrons. The lowest BCUT2D eigenvalue weighted by Gasteiger charge is -2.39. The number of hydrogen-bond donors (Lipinski definition) is 1. The molecule has 0 saturated carbocycles. The van der Waals surface area contributed by atoms with Crippen LogP contribution in [0.4, 0.5) is 0 Å². The largest absolute Gasteiger partial charge is 0.352 e. The van der Waals surface area contributed by atoms with Crippen LogP contribution in [0.2, 0.25) is 0 Å². The van der Waals surface area contributed by atoms with Gasteiger partial charge in [0.1, 0.15) is 0 Å². The maximum atomic E-state index is 12.3. The minimum absolute atomic E-state index is 0.168. The Morgan fingerprint density at radius 3 is 2.30 bits per heavy atom. The Balaban J connectivity index is 1.61. The Kier molecular flexibility index (Phi) is 7.42. The maximum absolute atomic E-state index is 12.3. The van der Waals surface area contributed by atoms with E-state index in [1.54, 1.807) is 20.9 Å². The summed E-state index contributed by atoms with van der Waals surface area (Å²) in [5, 5.41) is 3.47. The highest BCUT2D eigenvalue weighted by molar-refractivity contribution is 7.92. The van der Waals surface area contributed by atoms with Gasteiger partial charge in [-0.2, -0.15) is 0 Å². The number of nitrogens with zero attached hydrogens (tertiary/aromatic N) is 4. The number of likely N-dealkylation sites (N-methyl/N-ethyl adjacent to an activating group) is 1. The van der Waals surface area contributed by atoms with E-state index >= 15 is 0 Å². The van der Waals surface area contributed by atoms with E-state index in [4.69, 9.17) is 0 Å². The van der Waals surface area contributed by atoms with E-state index in [9.17, 15) is 8.42 Å². The SMILES string of the molecule is CCN1CCN(Cc2ccccc2CNC(=NC)N2CCS(=O)(=O)C(C)(C)C2)CC1. The Hall–Kier alpha value is -1.64. The first-order valence-electron chi connectivity index (χ1n) is 10.9. The first-order chi connectivity index (χ1) is 14.3. The molecule has 0 unspecified atom stereocenters. The fourth-order valence-corrected chi connectivity index (χ4v) is 5.59. The smallest absolute Gasteiger partial charge is 0.193 e. The van der Waals surface area contributed by atoms with E-state index in [2.05, 4.69) is 56.2 Å². The van der Waals surface area contributed by atoms with Crippen molar-refractivity contribution in [2.24, 2.45) is 4.99 Å². The summed E-state index contributed by atoms with van der Waals surface area (Å²) in [4.78, 5) is 11.5. The molecule has 3 rings (SSSR count). The van der Waals surface area contributed by atoms with Gasteiger partial charge in [-0.3, -0.25) is 9.89 Å². The normalized spacial score (nSPS) is 22.8. The molecule has 1 aromatic carbocycles. The molecule has 0 atom stereocenters. The van der Waals surface area contributed by atoms with Crippen LogP contribution in [0.25, 0.3) is 0 Å². The Morgan fingerprint density at radius 1 is 1.07 bits per heavy atom. The van der Waals surface area contributed by atoms with Gasteiger partial charge in [0, 0.05) is 59.4 Å². The molecular formula is C22H37N5O2S. The molecule has 30 heavy (non-hydrogen) atoms. The highest BCUT2D eigenvalue weighted by atomic mass is 32.2. The highest BCUT2D eigenvalue weighted by Crippen LogP contribution is 2.24. The number of nitrogens with one attached hydrogen (secondary N) is 1. The molecule has 168 valence electrons. The van der Waals surface area contributed by atoms with Crippen molar-refractivity contribution in [1.29, 1.82) is 0 Å². The zero-order valence-electron chi connectivity index (χ0n) is 18.9. The highest BCUT2D eigenvalue weighted by Gasteiger charge is 2.40. The molecule has 0 spiro atoms. The zero-order chi connectivity index (χ0) is 21.8. The average molecular weight is 436 g/mol. The van der Waals surface area contributed by atoms with E-state index in [0.29, 0.717) is 19.6 Å². The lowest BCUT2D eigenvalue weighted by Crippen LogP contribution is -2.57. The fourth-order valence-electron chi connectivity index (χ4n) is 4.22. The molecule has 2 fully saturated rings. The van der Waals surface area contributed by atoms with Crippen LogP contribution in [0.3, 0.4) is 0 Å². The third-order valence-corrected chi connectivity index (χ3v) is 8.95. The minimum atomic E-state index is -3.07. The van der Waals surface area contributed by atoms with Crippen molar-refractivity contribution in [2.45, 2.75) is 38.6 Å². The molecule has 2 aliphatic rings. The van der Waals surface area contributed by atoms with Crippen molar-refractivity contribution in [1.82, 2.24) is 20.0 Å². The number of aliphatic imine (C=N–C) groups is 1. The van der Waals surface area contributed by atoms with E-state index in [0.717, 1.165) is 45.2 Å². The lowest BCUT2D eigenvalue weighted by molar-refractivity contribution is 0.131. The monoisotopic (exact) mass is 435 g/mol. The minimum Gasteiger partial charge on any atom is -0.352 e. The Bertz CT molecular complexity index is 845. The molecule has 2 heterocycles. The van der Waals surface area contributed by atoms with Crippen LogP contribution in [0.1, 0.15) is 31.9 Å². The van der Waals surface area contributed by atoms with Crippen molar-refractivity contribution in [2.75, 3.05) is 58.6 Å². The van der Waals surface area contributed by atoms with Crippen LogP contribution < -0.4 is 5.32 Å². The van der Waals surface area contributed by atoms with Gasteiger partial charge in [0.15, 0.2) is 15.8 Å². The second kappa shape index (κ2) is 9.66. The van der Waals surface area contributed by atoms with E-state index in [-0.39, 0.29) is 5.75 Å². The first kappa shape index (κ1) is 23.0. The van der Waals surface area contributed by atoms with Crippen LogP contribution in [-0.4, -0.2) is 92.4 Å². The van der Waals surface area contributed by atoms with Crippen molar-refractivity contribution in [3.8, 4) is 0 Å². The van der Waals surface area contributed by atoms with Crippen molar-refractivity contribution >= 4 is 15.8 Å². The number of guanidine groups is 1. The molecule has 7 nitrogen and oxygen atoms in total.